The SMILES string of the molecule is Clc1cccc(Nc2cc[c]cc2)c1. The van der Waals surface area contributed by atoms with Gasteiger partial charge in [0.2, 0.25) is 0 Å². The Morgan fingerprint density at radius 3 is 2.50 bits per heavy atom. The molecule has 0 aliphatic rings. The Morgan fingerprint density at radius 2 is 1.79 bits per heavy atom. The summed E-state index contributed by atoms with van der Waals surface area (Å²) in [6.45, 7) is 0. The zero-order valence-electron chi connectivity index (χ0n) is 7.50. The van der Waals surface area contributed by atoms with Crippen molar-refractivity contribution in [3.8, 4) is 0 Å². The Morgan fingerprint density at radius 1 is 1.00 bits per heavy atom. The Bertz CT molecular complexity index is 412. The van der Waals surface area contributed by atoms with E-state index in [2.05, 4.69) is 11.4 Å². The van der Waals surface area contributed by atoms with E-state index in [1.165, 1.54) is 0 Å². The van der Waals surface area contributed by atoms with Crippen LogP contribution in [-0.2, 0) is 0 Å². The molecule has 0 aliphatic heterocycles. The highest BCUT2D eigenvalue weighted by Crippen LogP contribution is 2.19. The molecule has 0 aromatic heterocycles. The molecule has 14 heavy (non-hydrogen) atoms. The third-order valence-electron chi connectivity index (χ3n) is 1.83. The molecule has 0 atom stereocenters. The Kier molecular flexibility index (Phi) is 2.70. The van der Waals surface area contributed by atoms with E-state index in [4.69, 9.17) is 11.6 Å². The van der Waals surface area contributed by atoms with Crippen molar-refractivity contribution in [2.24, 2.45) is 0 Å². The zero-order chi connectivity index (χ0) is 9.80. The highest BCUT2D eigenvalue weighted by Gasteiger charge is 1.93. The lowest BCUT2D eigenvalue weighted by molar-refractivity contribution is 1.55. The maximum absolute atomic E-state index is 5.86. The van der Waals surface area contributed by atoms with Crippen LogP contribution in [0.25, 0.3) is 0 Å². The van der Waals surface area contributed by atoms with Gasteiger partial charge in [-0.15, -0.1) is 0 Å². The third-order valence-corrected chi connectivity index (χ3v) is 2.07. The molecule has 0 saturated carbocycles. The molecule has 0 bridgehead atoms. The molecule has 69 valence electrons. The Labute approximate surface area is 88.3 Å². The van der Waals surface area contributed by atoms with Crippen molar-refractivity contribution in [3.05, 3.63) is 59.6 Å². The van der Waals surface area contributed by atoms with Crippen LogP contribution in [0.5, 0.6) is 0 Å². The van der Waals surface area contributed by atoms with Crippen LogP contribution in [0.15, 0.2) is 48.5 Å². The molecule has 1 radical (unpaired) electrons. The number of hydrogen-bond donors (Lipinski definition) is 1. The van der Waals surface area contributed by atoms with Crippen LogP contribution in [0, 0.1) is 6.07 Å². The molecule has 1 nitrogen and oxygen atoms in total. The van der Waals surface area contributed by atoms with E-state index in [1.54, 1.807) is 0 Å². The van der Waals surface area contributed by atoms with Gasteiger partial charge in [-0.1, -0.05) is 29.8 Å². The number of halogens is 1. The molecule has 2 heteroatoms. The van der Waals surface area contributed by atoms with Crippen molar-refractivity contribution in [3.63, 3.8) is 0 Å². The smallest absolute Gasteiger partial charge is 0.0426 e. The summed E-state index contributed by atoms with van der Waals surface area (Å²) in [6.07, 6.45) is 0. The van der Waals surface area contributed by atoms with Crippen LogP contribution in [-0.4, -0.2) is 0 Å². The van der Waals surface area contributed by atoms with E-state index in [-0.39, 0.29) is 0 Å². The molecular formula is C12H9ClN. The molecule has 0 fully saturated rings. The maximum Gasteiger partial charge on any atom is 0.0426 e. The quantitative estimate of drug-likeness (QED) is 0.779. The molecule has 2 aromatic rings. The summed E-state index contributed by atoms with van der Waals surface area (Å²) in [4.78, 5) is 0. The van der Waals surface area contributed by atoms with Gasteiger partial charge in [0.15, 0.2) is 0 Å². The minimum atomic E-state index is 0.734. The van der Waals surface area contributed by atoms with E-state index in [0.717, 1.165) is 16.4 Å². The average molecular weight is 203 g/mol. The second-order valence-corrected chi connectivity index (χ2v) is 3.36. The van der Waals surface area contributed by atoms with Gasteiger partial charge in [-0.25, -0.2) is 0 Å². The highest BCUT2D eigenvalue weighted by molar-refractivity contribution is 6.30. The van der Waals surface area contributed by atoms with Crippen molar-refractivity contribution in [2.45, 2.75) is 0 Å². The number of nitrogens with one attached hydrogen (secondary N) is 1. The van der Waals surface area contributed by atoms with Gasteiger partial charge < -0.3 is 5.32 Å². The fraction of sp³-hybridized carbons (Fsp3) is 0. The van der Waals surface area contributed by atoms with E-state index in [9.17, 15) is 0 Å². The number of rotatable bonds is 2. The van der Waals surface area contributed by atoms with E-state index < -0.39 is 0 Å². The van der Waals surface area contributed by atoms with Gasteiger partial charge in [-0.05, 0) is 36.4 Å². The summed E-state index contributed by atoms with van der Waals surface area (Å²) in [5.41, 5.74) is 2.02. The first-order valence-electron chi connectivity index (χ1n) is 4.33. The predicted molar refractivity (Wildman–Crippen MR) is 60.0 cm³/mol. The van der Waals surface area contributed by atoms with Gasteiger partial charge in [-0.3, -0.25) is 0 Å². The lowest BCUT2D eigenvalue weighted by Gasteiger charge is -2.05. The Hall–Kier alpha value is -1.47. The molecule has 0 heterocycles. The fourth-order valence-electron chi connectivity index (χ4n) is 1.20. The topological polar surface area (TPSA) is 12.0 Å². The Balaban J connectivity index is 2.19. The van der Waals surface area contributed by atoms with Gasteiger partial charge in [0.05, 0.1) is 0 Å². The molecule has 0 aliphatic carbocycles. The summed E-state index contributed by atoms with van der Waals surface area (Å²) in [6, 6.07) is 18.2. The summed E-state index contributed by atoms with van der Waals surface area (Å²) in [5.74, 6) is 0. The normalized spacial score (nSPS) is 9.79. The molecule has 0 unspecified atom stereocenters. The van der Waals surface area contributed by atoms with Crippen LogP contribution >= 0.6 is 11.6 Å². The zero-order valence-corrected chi connectivity index (χ0v) is 8.25. The van der Waals surface area contributed by atoms with Gasteiger partial charge >= 0.3 is 0 Å². The standard InChI is InChI=1S/C12H9ClN/c13-10-5-4-8-12(9-10)14-11-6-2-1-3-7-11/h2-9,14H. The van der Waals surface area contributed by atoms with Gasteiger partial charge in [0.1, 0.15) is 0 Å². The largest absolute Gasteiger partial charge is 0.355 e. The molecule has 2 rings (SSSR count). The van der Waals surface area contributed by atoms with Crippen LogP contribution in [0.4, 0.5) is 11.4 Å². The van der Waals surface area contributed by atoms with Crippen molar-refractivity contribution < 1.29 is 0 Å². The maximum atomic E-state index is 5.86. The van der Waals surface area contributed by atoms with E-state index in [0.29, 0.717) is 0 Å². The van der Waals surface area contributed by atoms with Crippen molar-refractivity contribution in [1.82, 2.24) is 0 Å². The van der Waals surface area contributed by atoms with Crippen LogP contribution in [0.2, 0.25) is 5.02 Å². The summed E-state index contributed by atoms with van der Waals surface area (Å²) < 4.78 is 0. The monoisotopic (exact) mass is 202 g/mol. The van der Waals surface area contributed by atoms with Crippen molar-refractivity contribution in [1.29, 1.82) is 0 Å². The number of hydrogen-bond acceptors (Lipinski definition) is 1. The minimum absolute atomic E-state index is 0.734. The molecule has 0 spiro atoms. The lowest BCUT2D eigenvalue weighted by atomic mass is 10.3. The van der Waals surface area contributed by atoms with Crippen molar-refractivity contribution >= 4 is 23.0 Å². The van der Waals surface area contributed by atoms with Crippen LogP contribution in [0.3, 0.4) is 0 Å². The third kappa shape index (κ3) is 2.27. The summed E-state index contributed by atoms with van der Waals surface area (Å²) >= 11 is 5.86. The second-order valence-electron chi connectivity index (χ2n) is 2.92. The molecule has 1 N–H and O–H groups in total. The lowest BCUT2D eigenvalue weighted by Crippen LogP contribution is -1.88. The van der Waals surface area contributed by atoms with Gasteiger partial charge in [0, 0.05) is 16.4 Å². The number of anilines is 2. The first-order valence-corrected chi connectivity index (χ1v) is 4.71. The second kappa shape index (κ2) is 4.16. The minimum Gasteiger partial charge on any atom is -0.355 e. The highest BCUT2D eigenvalue weighted by atomic mass is 35.5. The van der Waals surface area contributed by atoms with Gasteiger partial charge in [0.25, 0.3) is 0 Å². The fourth-order valence-corrected chi connectivity index (χ4v) is 1.39. The van der Waals surface area contributed by atoms with Crippen LogP contribution < -0.4 is 5.32 Å². The molecule has 2 aromatic carbocycles. The van der Waals surface area contributed by atoms with Crippen LogP contribution in [0.1, 0.15) is 0 Å². The summed E-state index contributed by atoms with van der Waals surface area (Å²) in [5, 5.41) is 3.97. The van der Waals surface area contributed by atoms with Gasteiger partial charge in [-0.2, -0.15) is 0 Å². The van der Waals surface area contributed by atoms with E-state index in [1.807, 2.05) is 48.5 Å². The first-order chi connectivity index (χ1) is 6.84. The predicted octanol–water partition coefficient (Wildman–Crippen LogP) is 3.88. The van der Waals surface area contributed by atoms with Crippen molar-refractivity contribution in [2.75, 3.05) is 5.32 Å². The first kappa shape index (κ1) is 9.10. The molecule has 0 amide bonds. The summed E-state index contributed by atoms with van der Waals surface area (Å²) in [7, 11) is 0. The van der Waals surface area contributed by atoms with E-state index >= 15 is 0 Å². The molecule has 0 saturated heterocycles. The number of benzene rings is 2. The average Bonchev–Trinajstić information content (AvgIpc) is 2.19. The molecular weight excluding hydrogens is 194 g/mol.